The molecular weight excluding hydrogens is 266 g/mol. The number of rotatable bonds is 3. The fourth-order valence-electron chi connectivity index (χ4n) is 2.91. The molecule has 6 nitrogen and oxygen atoms in total. The standard InChI is InChI=1S/C15H21N5O/c1-12-16-6-10-20(12)11-13-3-7-19(8-4-13)15(21)14-17-5-9-18(14)2/h5-6,9-10,13H,3-4,7-8,11H2,1-2H3. The lowest BCUT2D eigenvalue weighted by molar-refractivity contribution is 0.0666. The average molecular weight is 287 g/mol. The first-order valence-electron chi connectivity index (χ1n) is 7.39. The van der Waals surface area contributed by atoms with Gasteiger partial charge in [-0.1, -0.05) is 0 Å². The van der Waals surface area contributed by atoms with E-state index in [4.69, 9.17) is 0 Å². The van der Waals surface area contributed by atoms with Crippen LogP contribution in [-0.4, -0.2) is 43.0 Å². The number of hydrogen-bond donors (Lipinski definition) is 0. The van der Waals surface area contributed by atoms with Gasteiger partial charge in [-0.15, -0.1) is 0 Å². The first-order valence-corrected chi connectivity index (χ1v) is 7.39. The van der Waals surface area contributed by atoms with Gasteiger partial charge in [0, 0.05) is 51.5 Å². The van der Waals surface area contributed by atoms with Crippen molar-refractivity contribution in [3.63, 3.8) is 0 Å². The monoisotopic (exact) mass is 287 g/mol. The van der Waals surface area contributed by atoms with Gasteiger partial charge >= 0.3 is 0 Å². The molecule has 6 heteroatoms. The molecule has 1 saturated heterocycles. The summed E-state index contributed by atoms with van der Waals surface area (Å²) in [5.74, 6) is 2.24. The van der Waals surface area contributed by atoms with E-state index >= 15 is 0 Å². The van der Waals surface area contributed by atoms with E-state index in [2.05, 4.69) is 14.5 Å². The summed E-state index contributed by atoms with van der Waals surface area (Å²) < 4.78 is 3.98. The fraction of sp³-hybridized carbons (Fsp3) is 0.533. The molecule has 1 aliphatic heterocycles. The van der Waals surface area contributed by atoms with Crippen molar-refractivity contribution in [2.75, 3.05) is 13.1 Å². The highest BCUT2D eigenvalue weighted by molar-refractivity contribution is 5.90. The Morgan fingerprint density at radius 2 is 1.95 bits per heavy atom. The highest BCUT2D eigenvalue weighted by Crippen LogP contribution is 2.20. The molecule has 2 aromatic heterocycles. The Morgan fingerprint density at radius 1 is 1.24 bits per heavy atom. The summed E-state index contributed by atoms with van der Waals surface area (Å²) in [5, 5.41) is 0. The van der Waals surface area contributed by atoms with Crippen LogP contribution in [0.5, 0.6) is 0 Å². The Bertz CT molecular complexity index is 622. The predicted octanol–water partition coefficient (Wildman–Crippen LogP) is 1.48. The molecule has 1 fully saturated rings. The van der Waals surface area contributed by atoms with Crippen LogP contribution in [0, 0.1) is 12.8 Å². The van der Waals surface area contributed by atoms with Gasteiger partial charge in [0.15, 0.2) is 5.82 Å². The average Bonchev–Trinajstić information content (AvgIpc) is 3.08. The molecule has 0 N–H and O–H groups in total. The number of carbonyl (C=O) groups is 1. The van der Waals surface area contributed by atoms with E-state index in [0.29, 0.717) is 11.7 Å². The number of hydrogen-bond acceptors (Lipinski definition) is 3. The number of aryl methyl sites for hydroxylation is 2. The van der Waals surface area contributed by atoms with Crippen LogP contribution in [0.25, 0.3) is 0 Å². The third-order valence-corrected chi connectivity index (χ3v) is 4.29. The molecular formula is C15H21N5O. The minimum atomic E-state index is 0.0414. The number of piperidine rings is 1. The van der Waals surface area contributed by atoms with Gasteiger partial charge in [0.25, 0.3) is 5.91 Å². The lowest BCUT2D eigenvalue weighted by Crippen LogP contribution is -2.40. The summed E-state index contributed by atoms with van der Waals surface area (Å²) in [4.78, 5) is 22.7. The topological polar surface area (TPSA) is 56.0 Å². The van der Waals surface area contributed by atoms with E-state index in [9.17, 15) is 4.79 Å². The summed E-state index contributed by atoms with van der Waals surface area (Å²) in [6.07, 6.45) is 9.42. The number of carbonyl (C=O) groups excluding carboxylic acids is 1. The predicted molar refractivity (Wildman–Crippen MR) is 78.8 cm³/mol. The van der Waals surface area contributed by atoms with E-state index in [-0.39, 0.29) is 5.91 Å². The van der Waals surface area contributed by atoms with Crippen LogP contribution < -0.4 is 0 Å². The van der Waals surface area contributed by atoms with Gasteiger partial charge in [-0.05, 0) is 25.7 Å². The maximum atomic E-state index is 12.4. The first kappa shape index (κ1) is 13.9. The lowest BCUT2D eigenvalue weighted by Gasteiger charge is -2.32. The maximum Gasteiger partial charge on any atom is 0.289 e. The summed E-state index contributed by atoms with van der Waals surface area (Å²) in [5.41, 5.74) is 0. The van der Waals surface area contributed by atoms with Crippen molar-refractivity contribution in [3.05, 3.63) is 36.4 Å². The summed E-state index contributed by atoms with van der Waals surface area (Å²) in [6, 6.07) is 0. The summed E-state index contributed by atoms with van der Waals surface area (Å²) >= 11 is 0. The molecule has 3 heterocycles. The highest BCUT2D eigenvalue weighted by Gasteiger charge is 2.25. The molecule has 0 spiro atoms. The van der Waals surface area contributed by atoms with Gasteiger partial charge in [-0.2, -0.15) is 0 Å². The van der Waals surface area contributed by atoms with Gasteiger partial charge in [-0.25, -0.2) is 9.97 Å². The number of imidazole rings is 2. The Balaban J connectivity index is 1.57. The van der Waals surface area contributed by atoms with Crippen LogP contribution in [0.4, 0.5) is 0 Å². The molecule has 3 rings (SSSR count). The minimum absolute atomic E-state index is 0.0414. The zero-order valence-corrected chi connectivity index (χ0v) is 12.6. The third-order valence-electron chi connectivity index (χ3n) is 4.29. The Morgan fingerprint density at radius 3 is 2.52 bits per heavy atom. The molecule has 0 bridgehead atoms. The quantitative estimate of drug-likeness (QED) is 0.859. The first-order chi connectivity index (χ1) is 10.1. The molecule has 21 heavy (non-hydrogen) atoms. The van der Waals surface area contributed by atoms with E-state index in [1.165, 1.54) is 0 Å². The van der Waals surface area contributed by atoms with Crippen molar-refractivity contribution in [3.8, 4) is 0 Å². The molecule has 2 aromatic rings. The van der Waals surface area contributed by atoms with Crippen LogP contribution >= 0.6 is 0 Å². The van der Waals surface area contributed by atoms with E-state index in [1.807, 2.05) is 37.5 Å². The Labute approximate surface area is 124 Å². The molecule has 0 atom stereocenters. The van der Waals surface area contributed by atoms with Crippen molar-refractivity contribution in [2.45, 2.75) is 26.3 Å². The molecule has 0 radical (unpaired) electrons. The molecule has 112 valence electrons. The fourth-order valence-corrected chi connectivity index (χ4v) is 2.91. The normalized spacial score (nSPS) is 16.4. The SMILES string of the molecule is Cc1nccn1CC1CCN(C(=O)c2nccn2C)CC1. The van der Waals surface area contributed by atoms with Crippen molar-refractivity contribution < 1.29 is 4.79 Å². The van der Waals surface area contributed by atoms with Crippen LogP contribution in [0.2, 0.25) is 0 Å². The second-order valence-electron chi connectivity index (χ2n) is 5.72. The van der Waals surface area contributed by atoms with Gasteiger partial charge in [0.1, 0.15) is 5.82 Å². The second-order valence-corrected chi connectivity index (χ2v) is 5.72. The van der Waals surface area contributed by atoms with Crippen LogP contribution in [0.15, 0.2) is 24.8 Å². The van der Waals surface area contributed by atoms with Crippen molar-refractivity contribution in [2.24, 2.45) is 13.0 Å². The van der Waals surface area contributed by atoms with Crippen LogP contribution in [-0.2, 0) is 13.6 Å². The van der Waals surface area contributed by atoms with Gasteiger partial charge < -0.3 is 14.0 Å². The molecule has 0 aromatic carbocycles. The number of likely N-dealkylation sites (tertiary alicyclic amines) is 1. The van der Waals surface area contributed by atoms with E-state index in [1.54, 1.807) is 10.8 Å². The Hall–Kier alpha value is -2.11. The molecule has 0 saturated carbocycles. The van der Waals surface area contributed by atoms with Gasteiger partial charge in [-0.3, -0.25) is 4.79 Å². The molecule has 0 aliphatic carbocycles. The minimum Gasteiger partial charge on any atom is -0.336 e. The lowest BCUT2D eigenvalue weighted by atomic mass is 9.96. The van der Waals surface area contributed by atoms with Crippen molar-refractivity contribution >= 4 is 5.91 Å². The van der Waals surface area contributed by atoms with Gasteiger partial charge in [0.2, 0.25) is 0 Å². The number of nitrogens with zero attached hydrogens (tertiary/aromatic N) is 5. The van der Waals surface area contributed by atoms with Crippen molar-refractivity contribution in [1.29, 1.82) is 0 Å². The zero-order chi connectivity index (χ0) is 14.8. The van der Waals surface area contributed by atoms with Gasteiger partial charge in [0.05, 0.1) is 0 Å². The smallest absolute Gasteiger partial charge is 0.289 e. The highest BCUT2D eigenvalue weighted by atomic mass is 16.2. The third kappa shape index (κ3) is 2.84. The second kappa shape index (κ2) is 5.71. The number of amides is 1. The molecule has 1 aliphatic rings. The summed E-state index contributed by atoms with van der Waals surface area (Å²) in [7, 11) is 1.86. The molecule has 1 amide bonds. The Kier molecular flexibility index (Phi) is 3.77. The molecule has 0 unspecified atom stereocenters. The number of aromatic nitrogens is 4. The van der Waals surface area contributed by atoms with E-state index < -0.39 is 0 Å². The maximum absolute atomic E-state index is 12.4. The van der Waals surface area contributed by atoms with E-state index in [0.717, 1.165) is 38.3 Å². The summed E-state index contributed by atoms with van der Waals surface area (Å²) in [6.45, 7) is 4.64. The van der Waals surface area contributed by atoms with Crippen LogP contribution in [0.3, 0.4) is 0 Å². The van der Waals surface area contributed by atoms with Crippen LogP contribution in [0.1, 0.15) is 29.3 Å². The van der Waals surface area contributed by atoms with Crippen molar-refractivity contribution in [1.82, 2.24) is 24.0 Å². The zero-order valence-electron chi connectivity index (χ0n) is 12.6. The largest absolute Gasteiger partial charge is 0.336 e.